The van der Waals surface area contributed by atoms with Crippen molar-refractivity contribution in [2.75, 3.05) is 23.7 Å². The van der Waals surface area contributed by atoms with Crippen LogP contribution in [-0.4, -0.2) is 24.0 Å². The number of hydrogen-bond acceptors (Lipinski definition) is 4. The molecule has 2 aromatic rings. The number of pyridine rings is 1. The molecule has 0 aliphatic carbocycles. The molecule has 3 N–H and O–H groups in total. The van der Waals surface area contributed by atoms with Gasteiger partial charge in [0.25, 0.3) is 5.91 Å². The predicted octanol–water partition coefficient (Wildman–Crippen LogP) is 3.82. The van der Waals surface area contributed by atoms with Crippen LogP contribution in [-0.2, 0) is 6.54 Å². The van der Waals surface area contributed by atoms with Crippen LogP contribution in [0.15, 0.2) is 42.6 Å². The van der Waals surface area contributed by atoms with Gasteiger partial charge in [-0.1, -0.05) is 31.0 Å². The molecule has 1 fully saturated rings. The van der Waals surface area contributed by atoms with E-state index in [-0.39, 0.29) is 30.7 Å². The van der Waals surface area contributed by atoms with Gasteiger partial charge in [-0.2, -0.15) is 0 Å². The van der Waals surface area contributed by atoms with Crippen LogP contribution in [0, 0.1) is 0 Å². The minimum absolute atomic E-state index is 0. The molecule has 1 amide bonds. The third-order valence-corrected chi connectivity index (χ3v) is 4.40. The molecule has 0 unspecified atom stereocenters. The first-order chi connectivity index (χ1) is 11.7. The molecular weight excluding hydrogens is 371 g/mol. The van der Waals surface area contributed by atoms with Gasteiger partial charge >= 0.3 is 0 Å². The molecule has 1 saturated heterocycles. The number of hydrogen-bond donors (Lipinski definition) is 2. The number of nitrogens with two attached hydrogens (primary N) is 1. The molecule has 3 rings (SSSR count). The van der Waals surface area contributed by atoms with E-state index in [1.54, 1.807) is 12.1 Å². The van der Waals surface area contributed by atoms with Gasteiger partial charge < -0.3 is 16.0 Å². The smallest absolute Gasteiger partial charge is 0.253 e. The highest BCUT2D eigenvalue weighted by Gasteiger charge is 2.11. The van der Waals surface area contributed by atoms with Gasteiger partial charge in [0.2, 0.25) is 0 Å². The number of carbonyl (C=O) groups excluding carboxylic acids is 1. The van der Waals surface area contributed by atoms with E-state index in [1.165, 1.54) is 25.7 Å². The molecule has 5 nitrogen and oxygen atoms in total. The highest BCUT2D eigenvalue weighted by atomic mass is 35.5. The Morgan fingerprint density at radius 3 is 2.35 bits per heavy atom. The number of anilines is 2. The Bertz CT molecular complexity index is 686. The molecule has 26 heavy (non-hydrogen) atoms. The van der Waals surface area contributed by atoms with E-state index >= 15 is 0 Å². The van der Waals surface area contributed by atoms with Gasteiger partial charge in [0.1, 0.15) is 5.82 Å². The molecule has 0 bridgehead atoms. The van der Waals surface area contributed by atoms with Gasteiger partial charge in [0.05, 0.1) is 5.56 Å². The second-order valence-corrected chi connectivity index (χ2v) is 6.20. The molecule has 0 spiro atoms. The second-order valence-electron chi connectivity index (χ2n) is 6.20. The van der Waals surface area contributed by atoms with Crippen LogP contribution in [0.1, 0.15) is 41.6 Å². The Hall–Kier alpha value is -1.98. The Morgan fingerprint density at radius 2 is 1.73 bits per heavy atom. The minimum atomic E-state index is -0.162. The molecule has 1 aromatic heterocycles. The molecular formula is C19H26Cl2N4O. The maximum atomic E-state index is 12.2. The summed E-state index contributed by atoms with van der Waals surface area (Å²) in [7, 11) is 0. The summed E-state index contributed by atoms with van der Waals surface area (Å²) < 4.78 is 0. The van der Waals surface area contributed by atoms with Gasteiger partial charge in [0.15, 0.2) is 0 Å². The van der Waals surface area contributed by atoms with E-state index in [0.29, 0.717) is 17.8 Å². The summed E-state index contributed by atoms with van der Waals surface area (Å²) in [6.45, 7) is 2.60. The van der Waals surface area contributed by atoms with Gasteiger partial charge in [-0.15, -0.1) is 24.8 Å². The molecule has 1 aromatic carbocycles. The van der Waals surface area contributed by atoms with E-state index in [0.717, 1.165) is 24.5 Å². The van der Waals surface area contributed by atoms with Crippen LogP contribution in [0.5, 0.6) is 0 Å². The molecule has 7 heteroatoms. The fourth-order valence-electron chi connectivity index (χ4n) is 2.99. The zero-order chi connectivity index (χ0) is 16.8. The summed E-state index contributed by atoms with van der Waals surface area (Å²) in [4.78, 5) is 19.1. The number of nitrogens with one attached hydrogen (secondary N) is 1. The number of carbonyl (C=O) groups is 1. The molecule has 0 radical (unpaired) electrons. The maximum absolute atomic E-state index is 12.2. The Kier molecular flexibility index (Phi) is 9.24. The standard InChI is InChI=1S/C19H24N4O.2ClH/c20-17-8-4-3-7-16(17)19(24)22-14-15-9-10-18(21-13-15)23-11-5-1-2-6-12-23;;/h3-4,7-10,13H,1-2,5-6,11-12,14,20H2,(H,22,24);2*1H. The number of benzene rings is 1. The van der Waals surface area contributed by atoms with Crippen LogP contribution >= 0.6 is 24.8 Å². The van der Waals surface area contributed by atoms with Gasteiger partial charge in [-0.3, -0.25) is 4.79 Å². The molecule has 1 aliphatic rings. The average Bonchev–Trinajstić information content (AvgIpc) is 2.90. The zero-order valence-corrected chi connectivity index (χ0v) is 16.3. The quantitative estimate of drug-likeness (QED) is 0.770. The van der Waals surface area contributed by atoms with Gasteiger partial charge in [-0.25, -0.2) is 4.98 Å². The summed E-state index contributed by atoms with van der Waals surface area (Å²) in [6, 6.07) is 11.2. The van der Waals surface area contributed by atoms with Crippen LogP contribution in [0.25, 0.3) is 0 Å². The summed E-state index contributed by atoms with van der Waals surface area (Å²) in [5.41, 5.74) is 7.81. The predicted molar refractivity (Wildman–Crippen MR) is 111 cm³/mol. The average molecular weight is 397 g/mol. The van der Waals surface area contributed by atoms with Crippen LogP contribution in [0.2, 0.25) is 0 Å². The van der Waals surface area contributed by atoms with E-state index < -0.39 is 0 Å². The normalized spacial score (nSPS) is 13.8. The van der Waals surface area contributed by atoms with Crippen molar-refractivity contribution in [3.8, 4) is 0 Å². The van der Waals surface area contributed by atoms with Crippen LogP contribution < -0.4 is 16.0 Å². The summed E-state index contributed by atoms with van der Waals surface area (Å²) in [5, 5.41) is 2.89. The fraction of sp³-hybridized carbons (Fsp3) is 0.368. The van der Waals surface area contributed by atoms with Crippen molar-refractivity contribution in [1.82, 2.24) is 10.3 Å². The van der Waals surface area contributed by atoms with E-state index in [4.69, 9.17) is 5.73 Å². The van der Waals surface area contributed by atoms with Gasteiger partial charge in [-0.05, 0) is 36.6 Å². The number of amides is 1. The highest BCUT2D eigenvalue weighted by molar-refractivity contribution is 5.98. The zero-order valence-electron chi connectivity index (χ0n) is 14.7. The minimum Gasteiger partial charge on any atom is -0.398 e. The summed E-state index contributed by atoms with van der Waals surface area (Å²) in [5.74, 6) is 0.865. The van der Waals surface area contributed by atoms with Gasteiger partial charge in [0, 0.05) is 31.5 Å². The third kappa shape index (κ3) is 5.78. The lowest BCUT2D eigenvalue weighted by molar-refractivity contribution is 0.0952. The number of nitrogens with zero attached hydrogens (tertiary/aromatic N) is 2. The third-order valence-electron chi connectivity index (χ3n) is 4.40. The van der Waals surface area contributed by atoms with E-state index in [1.807, 2.05) is 30.5 Å². The SMILES string of the molecule is Cl.Cl.Nc1ccccc1C(=O)NCc1ccc(N2CCCCCC2)nc1. The van der Waals surface area contributed by atoms with Crippen molar-refractivity contribution in [3.05, 3.63) is 53.7 Å². The Labute approximate surface area is 167 Å². The highest BCUT2D eigenvalue weighted by Crippen LogP contribution is 2.17. The van der Waals surface area contributed by atoms with Crippen LogP contribution in [0.4, 0.5) is 11.5 Å². The lowest BCUT2D eigenvalue weighted by Crippen LogP contribution is -2.25. The lowest BCUT2D eigenvalue weighted by Gasteiger charge is -2.21. The summed E-state index contributed by atoms with van der Waals surface area (Å²) in [6.07, 6.45) is 6.93. The van der Waals surface area contributed by atoms with E-state index in [2.05, 4.69) is 15.2 Å². The van der Waals surface area contributed by atoms with Crippen molar-refractivity contribution >= 4 is 42.2 Å². The van der Waals surface area contributed by atoms with Crippen molar-refractivity contribution in [1.29, 1.82) is 0 Å². The Morgan fingerprint density at radius 1 is 1.04 bits per heavy atom. The number of rotatable bonds is 4. The lowest BCUT2D eigenvalue weighted by atomic mass is 10.1. The number of aromatic nitrogens is 1. The molecule has 0 saturated carbocycles. The monoisotopic (exact) mass is 396 g/mol. The Balaban J connectivity index is 0.00000169. The van der Waals surface area contributed by atoms with E-state index in [9.17, 15) is 4.79 Å². The summed E-state index contributed by atoms with van der Waals surface area (Å²) >= 11 is 0. The number of nitrogen functional groups attached to an aromatic ring is 1. The number of para-hydroxylation sites is 1. The topological polar surface area (TPSA) is 71.2 Å². The fourth-order valence-corrected chi connectivity index (χ4v) is 2.99. The van der Waals surface area contributed by atoms with Crippen molar-refractivity contribution in [3.63, 3.8) is 0 Å². The molecule has 1 aliphatic heterocycles. The molecule has 142 valence electrons. The maximum Gasteiger partial charge on any atom is 0.253 e. The van der Waals surface area contributed by atoms with Crippen LogP contribution in [0.3, 0.4) is 0 Å². The largest absolute Gasteiger partial charge is 0.398 e. The van der Waals surface area contributed by atoms with Crippen molar-refractivity contribution < 1.29 is 4.79 Å². The first-order valence-electron chi connectivity index (χ1n) is 8.56. The van der Waals surface area contributed by atoms with Crippen molar-refractivity contribution in [2.24, 2.45) is 0 Å². The first-order valence-corrected chi connectivity index (χ1v) is 8.56. The number of halogens is 2. The molecule has 0 atom stereocenters. The van der Waals surface area contributed by atoms with Crippen molar-refractivity contribution in [2.45, 2.75) is 32.2 Å². The molecule has 2 heterocycles. The second kappa shape index (κ2) is 10.9. The first kappa shape index (κ1) is 22.1.